The van der Waals surface area contributed by atoms with Gasteiger partial charge in [-0.25, -0.2) is 18.7 Å². The first-order valence-electron chi connectivity index (χ1n) is 14.8. The molecule has 1 saturated heterocycles. The molecule has 0 spiro atoms. The first kappa shape index (κ1) is 29.3. The molecule has 44 heavy (non-hydrogen) atoms. The second-order valence-corrected chi connectivity index (χ2v) is 11.6. The summed E-state index contributed by atoms with van der Waals surface area (Å²) in [4.78, 5) is 44.5. The Morgan fingerprint density at radius 1 is 1.09 bits per heavy atom. The quantitative estimate of drug-likeness (QED) is 0.310. The number of halogens is 1. The molecule has 0 saturated carbocycles. The summed E-state index contributed by atoms with van der Waals surface area (Å²) in [5, 5.41) is 0.353. The van der Waals surface area contributed by atoms with Gasteiger partial charge in [0.05, 0.1) is 11.1 Å². The summed E-state index contributed by atoms with van der Waals surface area (Å²) in [6.45, 7) is 14.4. The van der Waals surface area contributed by atoms with Crippen molar-refractivity contribution in [3.05, 3.63) is 76.7 Å². The molecule has 228 valence electrons. The smallest absolute Gasteiger partial charge is 0.356 e. The average Bonchev–Trinajstić information content (AvgIpc) is 2.99. The topological polar surface area (TPSA) is 103 Å². The third-order valence-electron chi connectivity index (χ3n) is 8.27. The number of aryl methyl sites for hydroxylation is 1. The molecule has 10 nitrogen and oxygen atoms in total. The van der Waals surface area contributed by atoms with E-state index in [0.29, 0.717) is 52.7 Å². The molecular formula is C33H35FN6O4. The fourth-order valence-electron chi connectivity index (χ4n) is 6.13. The lowest BCUT2D eigenvalue weighted by Gasteiger charge is -2.44. The highest BCUT2D eigenvalue weighted by molar-refractivity contribution is 5.92. The predicted octanol–water partition coefficient (Wildman–Crippen LogP) is 4.80. The summed E-state index contributed by atoms with van der Waals surface area (Å²) in [6.07, 6.45) is 2.94. The Labute approximate surface area is 254 Å². The van der Waals surface area contributed by atoms with Crippen molar-refractivity contribution >= 4 is 22.8 Å². The van der Waals surface area contributed by atoms with Crippen molar-refractivity contribution in [1.82, 2.24) is 24.4 Å². The second kappa shape index (κ2) is 11.4. The Morgan fingerprint density at radius 3 is 2.57 bits per heavy atom. The van der Waals surface area contributed by atoms with Gasteiger partial charge in [0.15, 0.2) is 11.5 Å². The third-order valence-corrected chi connectivity index (χ3v) is 8.27. The zero-order valence-electron chi connectivity index (χ0n) is 25.5. The number of fused-ring (bicyclic) bond motifs is 5. The van der Waals surface area contributed by atoms with Crippen molar-refractivity contribution in [1.29, 1.82) is 0 Å². The lowest BCUT2D eigenvalue weighted by molar-refractivity contribution is -0.128. The van der Waals surface area contributed by atoms with E-state index < -0.39 is 11.5 Å². The van der Waals surface area contributed by atoms with Crippen molar-refractivity contribution in [2.75, 3.05) is 31.2 Å². The summed E-state index contributed by atoms with van der Waals surface area (Å²) in [6, 6.07) is 8.13. The van der Waals surface area contributed by atoms with Crippen LogP contribution in [0.25, 0.3) is 28.0 Å². The van der Waals surface area contributed by atoms with Crippen molar-refractivity contribution in [3.8, 4) is 28.4 Å². The van der Waals surface area contributed by atoms with Crippen LogP contribution in [0.2, 0.25) is 0 Å². The predicted molar refractivity (Wildman–Crippen MR) is 166 cm³/mol. The number of benzene rings is 1. The minimum Gasteiger partial charge on any atom is -0.489 e. The summed E-state index contributed by atoms with van der Waals surface area (Å²) in [5.41, 5.74) is 1.98. The summed E-state index contributed by atoms with van der Waals surface area (Å²) < 4.78 is 30.0. The first-order chi connectivity index (χ1) is 21.1. The molecule has 3 aromatic heterocycles. The van der Waals surface area contributed by atoms with Crippen LogP contribution in [0.15, 0.2) is 54.0 Å². The number of aromatic nitrogens is 4. The number of piperazine rings is 1. The number of rotatable bonds is 3. The Bertz CT molecular complexity index is 1850. The normalized spacial score (nSPS) is 18.2. The van der Waals surface area contributed by atoms with E-state index in [4.69, 9.17) is 14.5 Å². The Morgan fingerprint density at radius 2 is 1.84 bits per heavy atom. The minimum atomic E-state index is -0.597. The van der Waals surface area contributed by atoms with Gasteiger partial charge in [-0.15, -0.1) is 0 Å². The molecule has 4 aromatic rings. The van der Waals surface area contributed by atoms with Gasteiger partial charge < -0.3 is 19.3 Å². The highest BCUT2D eigenvalue weighted by Crippen LogP contribution is 2.39. The van der Waals surface area contributed by atoms with Crippen molar-refractivity contribution in [3.63, 3.8) is 0 Å². The van der Waals surface area contributed by atoms with Gasteiger partial charge in [0, 0.05) is 43.0 Å². The van der Waals surface area contributed by atoms with Crippen LogP contribution < -0.4 is 20.1 Å². The number of nitrogens with zero attached hydrogens (tertiary/aromatic N) is 6. The maximum Gasteiger partial charge on any atom is 0.356 e. The molecule has 1 aromatic carbocycles. The lowest BCUT2D eigenvalue weighted by Crippen LogP contribution is -2.58. The molecular weight excluding hydrogens is 563 g/mol. The maximum absolute atomic E-state index is 16.3. The van der Waals surface area contributed by atoms with Crippen LogP contribution in [0, 0.1) is 12.7 Å². The molecule has 2 atom stereocenters. The first-order valence-corrected chi connectivity index (χ1v) is 14.8. The zero-order chi connectivity index (χ0) is 31.3. The molecule has 2 aliphatic heterocycles. The van der Waals surface area contributed by atoms with Crippen molar-refractivity contribution in [2.24, 2.45) is 0 Å². The van der Waals surface area contributed by atoms with E-state index in [2.05, 4.69) is 16.5 Å². The van der Waals surface area contributed by atoms with Gasteiger partial charge in [-0.2, -0.15) is 4.98 Å². The van der Waals surface area contributed by atoms with E-state index in [9.17, 15) is 9.59 Å². The molecule has 0 aliphatic carbocycles. The molecule has 2 aliphatic rings. The molecule has 11 heteroatoms. The van der Waals surface area contributed by atoms with E-state index in [1.54, 1.807) is 23.2 Å². The van der Waals surface area contributed by atoms with E-state index in [1.165, 1.54) is 16.7 Å². The van der Waals surface area contributed by atoms with Gasteiger partial charge >= 0.3 is 5.69 Å². The second-order valence-electron chi connectivity index (χ2n) is 11.6. The molecule has 2 bridgehead atoms. The monoisotopic (exact) mass is 598 g/mol. The molecule has 1 amide bonds. The molecule has 0 unspecified atom stereocenters. The number of ether oxygens (including phenoxy) is 2. The fraction of sp³-hybridized carbons (Fsp3) is 0.364. The largest absolute Gasteiger partial charge is 0.489 e. The fourth-order valence-corrected chi connectivity index (χ4v) is 6.13. The molecule has 1 fully saturated rings. The lowest BCUT2D eigenvalue weighted by atomic mass is 10.0. The van der Waals surface area contributed by atoms with Crippen LogP contribution in [0.4, 0.5) is 10.2 Å². The minimum absolute atomic E-state index is 0.0664. The Balaban J connectivity index is 1.69. The SMILES string of the molecule is C=CC(=O)N1C[C@H](C)N(c2nc(=O)n3c4nc(c(F)cc24)-c2c(C)cccc2OCCOc2ccnc(C(C)C)c2-3)C[C@H]1C. The van der Waals surface area contributed by atoms with E-state index in [-0.39, 0.29) is 48.5 Å². The third kappa shape index (κ3) is 4.86. The van der Waals surface area contributed by atoms with Crippen molar-refractivity contribution in [2.45, 2.75) is 52.6 Å². The molecule has 5 heterocycles. The standard InChI is InChI=1S/C33H35FN6O4/c1-7-26(41)38-16-21(6)39(17-20(38)5)31-22-15-23(34)29-27-19(4)9-8-10-24(27)43-13-14-44-25-11-12-35-28(18(2)3)30(25)40(32(22)36-29)33(42)37-31/h7-12,15,18,20-21H,1,13-14,16-17H2,2-6H3/t20-,21+/m1/s1. The summed E-state index contributed by atoms with van der Waals surface area (Å²) >= 11 is 0. The molecule has 6 rings (SSSR count). The van der Waals surface area contributed by atoms with E-state index >= 15 is 4.39 Å². The van der Waals surface area contributed by atoms with Crippen molar-refractivity contribution < 1.29 is 18.7 Å². The van der Waals surface area contributed by atoms with Crippen LogP contribution in [0.5, 0.6) is 11.5 Å². The molecule has 0 radical (unpaired) electrons. The van der Waals surface area contributed by atoms with Gasteiger partial charge in [0.2, 0.25) is 5.91 Å². The van der Waals surface area contributed by atoms with Gasteiger partial charge in [-0.3, -0.25) is 9.78 Å². The van der Waals surface area contributed by atoms with Crippen LogP contribution in [-0.2, 0) is 4.79 Å². The Kier molecular flexibility index (Phi) is 7.56. The Hall–Kier alpha value is -4.80. The zero-order valence-corrected chi connectivity index (χ0v) is 25.5. The van der Waals surface area contributed by atoms with Crippen LogP contribution in [0.3, 0.4) is 0 Å². The number of hydrogen-bond acceptors (Lipinski definition) is 8. The van der Waals surface area contributed by atoms with Gasteiger partial charge in [0.1, 0.15) is 41.9 Å². The molecule has 0 N–H and O–H groups in total. The van der Waals surface area contributed by atoms with Crippen LogP contribution >= 0.6 is 0 Å². The van der Waals surface area contributed by atoms with Crippen LogP contribution in [-0.4, -0.2) is 68.7 Å². The number of anilines is 1. The number of amides is 1. The maximum atomic E-state index is 16.3. The number of hydrogen-bond donors (Lipinski definition) is 0. The van der Waals surface area contributed by atoms with Crippen LogP contribution in [0.1, 0.15) is 44.9 Å². The number of carbonyl (C=O) groups excluding carboxylic acids is 1. The van der Waals surface area contributed by atoms with Gasteiger partial charge in [-0.1, -0.05) is 32.6 Å². The summed E-state index contributed by atoms with van der Waals surface area (Å²) in [7, 11) is 0. The highest BCUT2D eigenvalue weighted by Gasteiger charge is 2.34. The highest BCUT2D eigenvalue weighted by atomic mass is 19.1. The summed E-state index contributed by atoms with van der Waals surface area (Å²) in [5.74, 6) is 0.356. The average molecular weight is 599 g/mol. The van der Waals surface area contributed by atoms with Gasteiger partial charge in [0.25, 0.3) is 0 Å². The number of carbonyl (C=O) groups is 1. The number of pyridine rings is 2. The van der Waals surface area contributed by atoms with Gasteiger partial charge in [-0.05, 0) is 50.5 Å². The van der Waals surface area contributed by atoms with E-state index in [1.807, 2.05) is 51.7 Å². The van der Waals surface area contributed by atoms with E-state index in [0.717, 1.165) is 5.56 Å².